The maximum atomic E-state index is 7.23. The summed E-state index contributed by atoms with van der Waals surface area (Å²) in [4.78, 5) is 0. The number of allylic oxidation sites excluding steroid dienone is 1. The molecule has 0 aromatic carbocycles. The van der Waals surface area contributed by atoms with Crippen molar-refractivity contribution in [3.63, 3.8) is 0 Å². The summed E-state index contributed by atoms with van der Waals surface area (Å²) in [5.74, 6) is 1.20. The molecule has 0 rings (SSSR count). The van der Waals surface area contributed by atoms with Gasteiger partial charge in [-0.2, -0.15) is 0 Å². The molecule has 0 aliphatic heterocycles. The van der Waals surface area contributed by atoms with Gasteiger partial charge in [-0.15, -0.1) is 0 Å². The smallest absolute Gasteiger partial charge is 0.180 e. The Kier molecular flexibility index (Phi) is 7.07. The van der Waals surface area contributed by atoms with Crippen LogP contribution in [0.3, 0.4) is 0 Å². The van der Waals surface area contributed by atoms with Gasteiger partial charge in [0, 0.05) is 12.8 Å². The summed E-state index contributed by atoms with van der Waals surface area (Å²) in [6.45, 7) is 3.73. The topological polar surface area (TPSA) is 42.3 Å². The van der Waals surface area contributed by atoms with Gasteiger partial charge >= 0.3 is 0 Å². The van der Waals surface area contributed by atoms with E-state index in [-0.39, 0.29) is 0 Å². The summed E-state index contributed by atoms with van der Waals surface area (Å²) in [6.07, 6.45) is 4.81. The Labute approximate surface area is 80.2 Å². The average molecular weight is 185 g/mol. The van der Waals surface area contributed by atoms with Crippen molar-refractivity contribution >= 4 is 5.90 Å². The monoisotopic (exact) mass is 185 g/mol. The van der Waals surface area contributed by atoms with Crippen LogP contribution < -0.4 is 0 Å². The summed E-state index contributed by atoms with van der Waals surface area (Å²) in [7, 11) is 3.18. The summed E-state index contributed by atoms with van der Waals surface area (Å²) < 4.78 is 9.68. The van der Waals surface area contributed by atoms with Gasteiger partial charge in [0.1, 0.15) is 0 Å². The minimum absolute atomic E-state index is 0.366. The minimum Gasteiger partial charge on any atom is -0.502 e. The molecule has 0 atom stereocenters. The van der Waals surface area contributed by atoms with Crippen molar-refractivity contribution in [2.45, 2.75) is 32.1 Å². The molecule has 0 fully saturated rings. The van der Waals surface area contributed by atoms with Gasteiger partial charge < -0.3 is 9.47 Å². The van der Waals surface area contributed by atoms with Crippen molar-refractivity contribution < 1.29 is 9.47 Å². The van der Waals surface area contributed by atoms with Crippen LogP contribution in [0.1, 0.15) is 32.1 Å². The maximum Gasteiger partial charge on any atom is 0.180 e. The molecule has 13 heavy (non-hydrogen) atoms. The van der Waals surface area contributed by atoms with E-state index < -0.39 is 0 Å². The molecule has 0 radical (unpaired) electrons. The molecule has 1 N–H and O–H groups in total. The molecule has 3 heteroatoms. The van der Waals surface area contributed by atoms with Gasteiger partial charge in [-0.05, 0) is 12.8 Å². The van der Waals surface area contributed by atoms with Crippen molar-refractivity contribution in [1.29, 1.82) is 5.41 Å². The molecule has 3 nitrogen and oxygen atoms in total. The predicted octanol–water partition coefficient (Wildman–Crippen LogP) is 2.72. The molecule has 0 spiro atoms. The number of methoxy groups -OCH3 is 2. The first-order valence-electron chi connectivity index (χ1n) is 4.54. The Balaban J connectivity index is 3.17. The highest BCUT2D eigenvalue weighted by Crippen LogP contribution is 2.08. The number of hydrogen-bond donors (Lipinski definition) is 1. The van der Waals surface area contributed by atoms with E-state index in [1.54, 1.807) is 7.11 Å². The van der Waals surface area contributed by atoms with Crippen molar-refractivity contribution in [2.24, 2.45) is 0 Å². The third kappa shape index (κ3) is 7.37. The fraction of sp³-hybridized carbons (Fsp3) is 0.700. The van der Waals surface area contributed by atoms with Crippen molar-refractivity contribution in [3.8, 4) is 0 Å². The van der Waals surface area contributed by atoms with E-state index in [4.69, 9.17) is 14.9 Å². The largest absolute Gasteiger partial charge is 0.502 e. The van der Waals surface area contributed by atoms with Gasteiger partial charge in [-0.3, -0.25) is 5.41 Å². The summed E-state index contributed by atoms with van der Waals surface area (Å²) in [6, 6.07) is 0. The standard InChI is InChI=1S/C10H19NO2/c1-9(12-2)7-5-4-6-8-10(11)13-3/h11H,1,4-8H2,2-3H3. The van der Waals surface area contributed by atoms with Gasteiger partial charge in [-0.1, -0.05) is 13.0 Å². The van der Waals surface area contributed by atoms with Gasteiger partial charge in [-0.25, -0.2) is 0 Å². The third-order valence-electron chi connectivity index (χ3n) is 1.89. The van der Waals surface area contributed by atoms with Crippen LogP contribution in [0, 0.1) is 5.41 Å². The molecule has 0 saturated carbocycles. The SMILES string of the molecule is C=C(CCCCCC(=N)OC)OC. The lowest BCUT2D eigenvalue weighted by Gasteiger charge is -2.04. The molecule has 0 aliphatic rings. The van der Waals surface area contributed by atoms with Crippen LogP contribution >= 0.6 is 0 Å². The molecule has 76 valence electrons. The molecule has 0 aliphatic carbocycles. The number of rotatable bonds is 7. The van der Waals surface area contributed by atoms with Crippen LogP contribution in [0.5, 0.6) is 0 Å². The lowest BCUT2D eigenvalue weighted by Crippen LogP contribution is -1.98. The van der Waals surface area contributed by atoms with Crippen molar-refractivity contribution in [3.05, 3.63) is 12.3 Å². The first-order chi connectivity index (χ1) is 6.20. The highest BCUT2D eigenvalue weighted by molar-refractivity contribution is 5.72. The normalized spacial score (nSPS) is 9.38. The lowest BCUT2D eigenvalue weighted by atomic mass is 10.1. The van der Waals surface area contributed by atoms with Crippen molar-refractivity contribution in [1.82, 2.24) is 0 Å². The molecular weight excluding hydrogens is 166 g/mol. The Morgan fingerprint density at radius 1 is 1.08 bits per heavy atom. The number of nitrogens with one attached hydrogen (secondary N) is 1. The van der Waals surface area contributed by atoms with Crippen molar-refractivity contribution in [2.75, 3.05) is 14.2 Å². The van der Waals surface area contributed by atoms with Gasteiger partial charge in [0.05, 0.1) is 20.0 Å². The molecular formula is C10H19NO2. The van der Waals surface area contributed by atoms with Gasteiger partial charge in [0.25, 0.3) is 0 Å². The van der Waals surface area contributed by atoms with Crippen LogP contribution in [-0.2, 0) is 9.47 Å². The van der Waals surface area contributed by atoms with Gasteiger partial charge in [0.15, 0.2) is 5.90 Å². The van der Waals surface area contributed by atoms with Crippen LogP contribution in [0.15, 0.2) is 12.3 Å². The van der Waals surface area contributed by atoms with Gasteiger partial charge in [0.2, 0.25) is 0 Å². The molecule has 0 aromatic heterocycles. The maximum absolute atomic E-state index is 7.23. The molecule has 0 saturated heterocycles. The Morgan fingerprint density at radius 3 is 2.23 bits per heavy atom. The summed E-state index contributed by atoms with van der Waals surface area (Å²) in [5, 5.41) is 7.23. The average Bonchev–Trinajstić information content (AvgIpc) is 2.16. The van der Waals surface area contributed by atoms with E-state index in [2.05, 4.69) is 6.58 Å². The number of hydrogen-bond acceptors (Lipinski definition) is 3. The first-order valence-corrected chi connectivity index (χ1v) is 4.54. The third-order valence-corrected chi connectivity index (χ3v) is 1.89. The fourth-order valence-corrected chi connectivity index (χ4v) is 0.989. The van der Waals surface area contributed by atoms with E-state index in [9.17, 15) is 0 Å². The molecule has 0 amide bonds. The van der Waals surface area contributed by atoms with E-state index >= 15 is 0 Å². The predicted molar refractivity (Wildman–Crippen MR) is 54.0 cm³/mol. The zero-order valence-corrected chi connectivity index (χ0v) is 8.56. The van der Waals surface area contributed by atoms with E-state index in [0.717, 1.165) is 37.9 Å². The lowest BCUT2D eigenvalue weighted by molar-refractivity contribution is 0.276. The Morgan fingerprint density at radius 2 is 1.69 bits per heavy atom. The van der Waals surface area contributed by atoms with E-state index in [1.165, 1.54) is 7.11 Å². The summed E-state index contributed by atoms with van der Waals surface area (Å²) in [5.41, 5.74) is 0. The zero-order chi connectivity index (χ0) is 10.1. The molecule has 0 heterocycles. The summed E-state index contributed by atoms with van der Waals surface area (Å²) >= 11 is 0. The van der Waals surface area contributed by atoms with E-state index in [1.807, 2.05) is 0 Å². The van der Waals surface area contributed by atoms with Crippen LogP contribution in [-0.4, -0.2) is 20.1 Å². The second-order valence-electron chi connectivity index (χ2n) is 2.93. The van der Waals surface area contributed by atoms with Crippen LogP contribution in [0.25, 0.3) is 0 Å². The minimum atomic E-state index is 0.366. The second kappa shape index (κ2) is 7.65. The fourth-order valence-electron chi connectivity index (χ4n) is 0.989. The Bertz CT molecular complexity index is 148. The van der Waals surface area contributed by atoms with Crippen LogP contribution in [0.2, 0.25) is 0 Å². The Hall–Kier alpha value is -0.990. The molecule has 0 bridgehead atoms. The highest BCUT2D eigenvalue weighted by Gasteiger charge is 1.96. The number of ether oxygens (including phenoxy) is 2. The highest BCUT2D eigenvalue weighted by atomic mass is 16.5. The van der Waals surface area contributed by atoms with E-state index in [0.29, 0.717) is 5.90 Å². The quantitative estimate of drug-likeness (QED) is 0.287. The molecule has 0 aromatic rings. The first kappa shape index (κ1) is 12.0. The van der Waals surface area contributed by atoms with Crippen LogP contribution in [0.4, 0.5) is 0 Å². The zero-order valence-electron chi connectivity index (χ0n) is 8.56. The second-order valence-corrected chi connectivity index (χ2v) is 2.93. The number of unbranched alkanes of at least 4 members (excludes halogenated alkanes) is 2. The molecule has 0 unspecified atom stereocenters.